The Morgan fingerprint density at radius 1 is 1.00 bits per heavy atom. The summed E-state index contributed by atoms with van der Waals surface area (Å²) in [6, 6.07) is 8.22. The molecule has 0 N–H and O–H groups in total. The molecule has 0 aliphatic heterocycles. The smallest absolute Gasteiger partial charge is 0.203 e. The number of methoxy groups -OCH3 is 1. The largest absolute Gasteiger partial charge is 0.493 e. The van der Waals surface area contributed by atoms with Crippen LogP contribution in [0.4, 0.5) is 24.7 Å². The highest BCUT2D eigenvalue weighted by Gasteiger charge is 2.22. The van der Waals surface area contributed by atoms with Crippen molar-refractivity contribution in [2.75, 3.05) is 19.1 Å². The SMILES string of the molecule is COc1cc(N(C)c2cnc3ccccc3n2)c(F)c(F)c1F. The van der Waals surface area contributed by atoms with Gasteiger partial charge in [0.25, 0.3) is 0 Å². The minimum Gasteiger partial charge on any atom is -0.493 e. The minimum atomic E-state index is -1.60. The fourth-order valence-corrected chi connectivity index (χ4v) is 2.19. The fourth-order valence-electron chi connectivity index (χ4n) is 2.19. The minimum absolute atomic E-state index is 0.203. The molecule has 4 nitrogen and oxygen atoms in total. The van der Waals surface area contributed by atoms with E-state index in [1.54, 1.807) is 18.2 Å². The second-order valence-electron chi connectivity index (χ2n) is 4.82. The van der Waals surface area contributed by atoms with Gasteiger partial charge < -0.3 is 9.64 Å². The van der Waals surface area contributed by atoms with Gasteiger partial charge in [-0.05, 0) is 12.1 Å². The maximum absolute atomic E-state index is 14.1. The summed E-state index contributed by atoms with van der Waals surface area (Å²) in [5.74, 6) is -4.39. The van der Waals surface area contributed by atoms with E-state index in [1.807, 2.05) is 6.07 Å². The summed E-state index contributed by atoms with van der Waals surface area (Å²) >= 11 is 0. The molecule has 1 aromatic heterocycles. The quantitative estimate of drug-likeness (QED) is 0.688. The Bertz CT molecular complexity index is 886. The number of ether oxygens (including phenoxy) is 1. The van der Waals surface area contributed by atoms with E-state index < -0.39 is 17.5 Å². The number of nitrogens with zero attached hydrogens (tertiary/aromatic N) is 3. The zero-order valence-electron chi connectivity index (χ0n) is 12.3. The number of benzene rings is 2. The number of fused-ring (bicyclic) bond motifs is 1. The molecule has 1 heterocycles. The second kappa shape index (κ2) is 5.75. The molecule has 2 aromatic carbocycles. The van der Waals surface area contributed by atoms with Crippen LogP contribution in [0.15, 0.2) is 36.5 Å². The maximum atomic E-state index is 14.1. The predicted molar refractivity (Wildman–Crippen MR) is 80.5 cm³/mol. The van der Waals surface area contributed by atoms with Crippen LogP contribution in [-0.2, 0) is 0 Å². The number of hydrogen-bond acceptors (Lipinski definition) is 4. The molecule has 0 spiro atoms. The number of hydrogen-bond donors (Lipinski definition) is 0. The van der Waals surface area contributed by atoms with Gasteiger partial charge in [0.15, 0.2) is 23.2 Å². The molecule has 118 valence electrons. The molecule has 0 amide bonds. The molecule has 0 aliphatic carbocycles. The van der Waals surface area contributed by atoms with E-state index in [9.17, 15) is 13.2 Å². The lowest BCUT2D eigenvalue weighted by Gasteiger charge is -2.20. The second-order valence-corrected chi connectivity index (χ2v) is 4.82. The van der Waals surface area contributed by atoms with E-state index in [2.05, 4.69) is 9.97 Å². The average Bonchev–Trinajstić information content (AvgIpc) is 2.59. The average molecular weight is 319 g/mol. The molecular weight excluding hydrogens is 307 g/mol. The molecule has 3 rings (SSSR count). The predicted octanol–water partition coefficient (Wildman–Crippen LogP) is 3.82. The standard InChI is InChI=1S/C16H12F3N3O/c1-22(11-7-12(23-2)15(18)16(19)14(11)17)13-8-20-9-5-3-4-6-10(9)21-13/h3-8H,1-2H3. The van der Waals surface area contributed by atoms with Crippen molar-refractivity contribution in [3.05, 3.63) is 54.0 Å². The Hall–Kier alpha value is -2.83. The van der Waals surface area contributed by atoms with Crippen molar-refractivity contribution >= 4 is 22.5 Å². The number of rotatable bonds is 3. The number of para-hydroxylation sites is 2. The van der Waals surface area contributed by atoms with Crippen molar-refractivity contribution in [1.29, 1.82) is 0 Å². The van der Waals surface area contributed by atoms with Gasteiger partial charge in [0.1, 0.15) is 0 Å². The van der Waals surface area contributed by atoms with Crippen LogP contribution >= 0.6 is 0 Å². The van der Waals surface area contributed by atoms with Gasteiger partial charge >= 0.3 is 0 Å². The topological polar surface area (TPSA) is 38.2 Å². The summed E-state index contributed by atoms with van der Waals surface area (Å²) in [4.78, 5) is 9.83. The van der Waals surface area contributed by atoms with Crippen LogP contribution in [0, 0.1) is 17.5 Å². The van der Waals surface area contributed by atoms with E-state index in [-0.39, 0.29) is 17.3 Å². The van der Waals surface area contributed by atoms with Crippen LogP contribution < -0.4 is 9.64 Å². The fraction of sp³-hybridized carbons (Fsp3) is 0.125. The van der Waals surface area contributed by atoms with Gasteiger partial charge in [-0.1, -0.05) is 12.1 Å². The van der Waals surface area contributed by atoms with Gasteiger partial charge in [0.05, 0.1) is 30.0 Å². The Morgan fingerprint density at radius 2 is 1.70 bits per heavy atom. The Kier molecular flexibility index (Phi) is 3.77. The first-order valence-corrected chi connectivity index (χ1v) is 6.70. The van der Waals surface area contributed by atoms with Gasteiger partial charge in [0, 0.05) is 13.1 Å². The summed E-state index contributed by atoms with van der Waals surface area (Å²) in [6.45, 7) is 0. The van der Waals surface area contributed by atoms with Crippen molar-refractivity contribution < 1.29 is 17.9 Å². The highest BCUT2D eigenvalue weighted by Crippen LogP contribution is 2.33. The zero-order chi connectivity index (χ0) is 16.6. The van der Waals surface area contributed by atoms with Gasteiger partial charge in [-0.15, -0.1) is 0 Å². The van der Waals surface area contributed by atoms with Crippen LogP contribution in [0.3, 0.4) is 0 Å². The molecule has 0 radical (unpaired) electrons. The van der Waals surface area contributed by atoms with E-state index in [4.69, 9.17) is 4.74 Å². The van der Waals surface area contributed by atoms with Gasteiger partial charge in [0.2, 0.25) is 5.82 Å². The summed E-state index contributed by atoms with van der Waals surface area (Å²) in [6.07, 6.45) is 1.43. The maximum Gasteiger partial charge on any atom is 0.203 e. The van der Waals surface area contributed by atoms with Crippen LogP contribution in [0.5, 0.6) is 5.75 Å². The Balaban J connectivity index is 2.11. The molecule has 0 saturated heterocycles. The molecule has 0 fully saturated rings. The first kappa shape index (κ1) is 15.1. The van der Waals surface area contributed by atoms with Crippen LogP contribution in [-0.4, -0.2) is 24.1 Å². The van der Waals surface area contributed by atoms with Crippen molar-refractivity contribution in [2.45, 2.75) is 0 Å². The Labute approximate surface area is 130 Å². The third-order valence-corrected chi connectivity index (χ3v) is 3.46. The van der Waals surface area contributed by atoms with Crippen molar-refractivity contribution in [1.82, 2.24) is 9.97 Å². The normalized spacial score (nSPS) is 10.8. The van der Waals surface area contributed by atoms with E-state index in [0.717, 1.165) is 6.07 Å². The highest BCUT2D eigenvalue weighted by atomic mass is 19.2. The lowest BCUT2D eigenvalue weighted by molar-refractivity contribution is 0.361. The van der Waals surface area contributed by atoms with Gasteiger partial charge in [-0.2, -0.15) is 4.39 Å². The summed E-state index contributed by atoms with van der Waals surface area (Å²) in [7, 11) is 2.66. The van der Waals surface area contributed by atoms with Crippen molar-refractivity contribution in [2.24, 2.45) is 0 Å². The van der Waals surface area contributed by atoms with Gasteiger partial charge in [-0.3, -0.25) is 4.98 Å². The molecule has 23 heavy (non-hydrogen) atoms. The van der Waals surface area contributed by atoms with Crippen LogP contribution in [0.25, 0.3) is 11.0 Å². The lowest BCUT2D eigenvalue weighted by Crippen LogP contribution is -2.15. The third kappa shape index (κ3) is 2.54. The van der Waals surface area contributed by atoms with Crippen LogP contribution in [0.2, 0.25) is 0 Å². The molecule has 7 heteroatoms. The van der Waals surface area contributed by atoms with Crippen LogP contribution in [0.1, 0.15) is 0 Å². The summed E-state index contributed by atoms with van der Waals surface area (Å²) in [5.41, 5.74) is 1.07. The molecule has 0 atom stereocenters. The lowest BCUT2D eigenvalue weighted by atomic mass is 10.2. The van der Waals surface area contributed by atoms with Crippen molar-refractivity contribution in [3.63, 3.8) is 0 Å². The Morgan fingerprint density at radius 3 is 2.39 bits per heavy atom. The summed E-state index contributed by atoms with van der Waals surface area (Å²) in [5, 5.41) is 0. The third-order valence-electron chi connectivity index (χ3n) is 3.46. The molecular formula is C16H12F3N3O. The molecule has 0 saturated carbocycles. The summed E-state index contributed by atoms with van der Waals surface area (Å²) < 4.78 is 46.0. The van der Waals surface area contributed by atoms with E-state index in [0.29, 0.717) is 11.0 Å². The first-order valence-electron chi connectivity index (χ1n) is 6.70. The molecule has 3 aromatic rings. The number of anilines is 2. The molecule has 0 unspecified atom stereocenters. The van der Waals surface area contributed by atoms with Gasteiger partial charge in [-0.25, -0.2) is 13.8 Å². The molecule has 0 bridgehead atoms. The number of halogens is 3. The van der Waals surface area contributed by atoms with Crippen molar-refractivity contribution in [3.8, 4) is 5.75 Å². The highest BCUT2D eigenvalue weighted by molar-refractivity contribution is 5.76. The zero-order valence-corrected chi connectivity index (χ0v) is 12.3. The molecule has 0 aliphatic rings. The number of aromatic nitrogens is 2. The first-order chi connectivity index (χ1) is 11.0. The van der Waals surface area contributed by atoms with E-state index >= 15 is 0 Å². The monoisotopic (exact) mass is 319 g/mol. The van der Waals surface area contributed by atoms with E-state index in [1.165, 1.54) is 25.3 Å².